The van der Waals surface area contributed by atoms with E-state index >= 15 is 0 Å². The number of likely N-dealkylation sites (N-methyl/N-ethyl adjacent to an activating group) is 1. The lowest BCUT2D eigenvalue weighted by Gasteiger charge is -2.18. The molecule has 1 aliphatic rings. The van der Waals surface area contributed by atoms with E-state index in [4.69, 9.17) is 11.6 Å². The van der Waals surface area contributed by atoms with Crippen LogP contribution in [0, 0.1) is 0 Å². The summed E-state index contributed by atoms with van der Waals surface area (Å²) in [6, 6.07) is 11.7. The Hall–Kier alpha value is -2.71. The summed E-state index contributed by atoms with van der Waals surface area (Å²) in [5.41, 5.74) is 1.27. The fourth-order valence-corrected chi connectivity index (χ4v) is 3.67. The average Bonchev–Trinajstić information content (AvgIpc) is 2.92. The number of nitrogens with one attached hydrogen (secondary N) is 1. The number of hydrogen-bond acceptors (Lipinski definition) is 4. The molecule has 0 aromatic heterocycles. The van der Waals surface area contributed by atoms with E-state index in [9.17, 15) is 19.2 Å². The third kappa shape index (κ3) is 5.06. The van der Waals surface area contributed by atoms with Crippen molar-refractivity contribution in [3.63, 3.8) is 0 Å². The van der Waals surface area contributed by atoms with Crippen LogP contribution in [-0.2, 0) is 9.59 Å². The van der Waals surface area contributed by atoms with Crippen LogP contribution in [0.2, 0.25) is 5.02 Å². The summed E-state index contributed by atoms with van der Waals surface area (Å²) in [7, 11) is 1.53. The fraction of sp³-hybridized carbons (Fsp3) is 0.238. The van der Waals surface area contributed by atoms with E-state index in [1.54, 1.807) is 42.5 Å². The van der Waals surface area contributed by atoms with Crippen molar-refractivity contribution in [2.24, 2.45) is 0 Å². The Balaban J connectivity index is 1.47. The van der Waals surface area contributed by atoms with Crippen LogP contribution in [0.3, 0.4) is 0 Å². The lowest BCUT2D eigenvalue weighted by Crippen LogP contribution is -2.36. The molecule has 0 atom stereocenters. The molecule has 2 aromatic carbocycles. The van der Waals surface area contributed by atoms with E-state index in [2.05, 4.69) is 21.2 Å². The molecule has 4 amide bonds. The summed E-state index contributed by atoms with van der Waals surface area (Å²) in [5, 5.41) is 3.17. The smallest absolute Gasteiger partial charge is 0.261 e. The molecule has 1 heterocycles. The van der Waals surface area contributed by atoms with Crippen LogP contribution in [-0.4, -0.2) is 53.6 Å². The molecule has 1 N–H and O–H groups in total. The zero-order chi connectivity index (χ0) is 21.8. The van der Waals surface area contributed by atoms with Gasteiger partial charge >= 0.3 is 0 Å². The van der Waals surface area contributed by atoms with E-state index in [0.29, 0.717) is 28.3 Å². The van der Waals surface area contributed by atoms with Crippen molar-refractivity contribution >= 4 is 56.8 Å². The normalized spacial score (nSPS) is 12.7. The average molecular weight is 493 g/mol. The topological polar surface area (TPSA) is 86.8 Å². The Morgan fingerprint density at radius 3 is 2.57 bits per heavy atom. The maximum atomic E-state index is 12.4. The van der Waals surface area contributed by atoms with E-state index in [1.165, 1.54) is 11.9 Å². The van der Waals surface area contributed by atoms with Crippen LogP contribution in [0.25, 0.3) is 0 Å². The highest BCUT2D eigenvalue weighted by molar-refractivity contribution is 9.10. The third-order valence-corrected chi connectivity index (χ3v) is 5.35. The van der Waals surface area contributed by atoms with Gasteiger partial charge in [-0.15, -0.1) is 0 Å². The number of halogens is 2. The lowest BCUT2D eigenvalue weighted by molar-refractivity contribution is -0.133. The van der Waals surface area contributed by atoms with Crippen molar-refractivity contribution < 1.29 is 19.2 Å². The van der Waals surface area contributed by atoms with Crippen LogP contribution >= 0.6 is 27.5 Å². The summed E-state index contributed by atoms with van der Waals surface area (Å²) in [6.45, 7) is 0.0185. The van der Waals surface area contributed by atoms with Crippen LogP contribution in [0.5, 0.6) is 0 Å². The van der Waals surface area contributed by atoms with Gasteiger partial charge in [0.05, 0.1) is 17.7 Å². The third-order valence-electron chi connectivity index (χ3n) is 4.62. The first-order valence-electron chi connectivity index (χ1n) is 9.21. The van der Waals surface area contributed by atoms with Gasteiger partial charge in [0.1, 0.15) is 0 Å². The molecular weight excluding hydrogens is 474 g/mol. The second-order valence-corrected chi connectivity index (χ2v) is 8.22. The predicted molar refractivity (Wildman–Crippen MR) is 116 cm³/mol. The minimum atomic E-state index is -0.363. The Morgan fingerprint density at radius 1 is 1.10 bits per heavy atom. The zero-order valence-corrected chi connectivity index (χ0v) is 18.5. The molecule has 0 saturated heterocycles. The van der Waals surface area contributed by atoms with Crippen molar-refractivity contribution in [2.75, 3.05) is 25.5 Å². The van der Waals surface area contributed by atoms with Crippen LogP contribution < -0.4 is 5.32 Å². The molecular formula is C21H19BrClN3O4. The van der Waals surface area contributed by atoms with Gasteiger partial charge < -0.3 is 10.2 Å². The van der Waals surface area contributed by atoms with Gasteiger partial charge in [-0.05, 0) is 42.8 Å². The lowest BCUT2D eigenvalue weighted by atomic mass is 10.1. The first-order valence-corrected chi connectivity index (χ1v) is 10.4. The maximum absolute atomic E-state index is 12.4. The fourth-order valence-electron chi connectivity index (χ4n) is 3.12. The predicted octanol–water partition coefficient (Wildman–Crippen LogP) is 3.58. The molecule has 1 aliphatic heterocycles. The Labute approximate surface area is 187 Å². The number of amides is 4. The van der Waals surface area contributed by atoms with Crippen molar-refractivity contribution in [3.8, 4) is 0 Å². The second-order valence-electron chi connectivity index (χ2n) is 6.86. The molecule has 0 fully saturated rings. The largest absolute Gasteiger partial charge is 0.336 e. The quantitative estimate of drug-likeness (QED) is 0.599. The standard InChI is InChI=1S/C21H19BrClN3O4/c1-25(12-18(27)24-15-5-2-4-14(23)11-15)19(28)6-3-9-26-20(29)16-8-7-13(22)10-17(16)21(26)30/h2,4-5,7-8,10-11H,3,6,9,12H2,1H3,(H,24,27). The van der Waals surface area contributed by atoms with E-state index in [-0.39, 0.29) is 43.1 Å². The minimum Gasteiger partial charge on any atom is -0.336 e. The Morgan fingerprint density at radius 2 is 1.83 bits per heavy atom. The minimum absolute atomic E-state index is 0.109. The van der Waals surface area contributed by atoms with E-state index < -0.39 is 0 Å². The number of carbonyl (C=O) groups excluding carboxylic acids is 4. The van der Waals surface area contributed by atoms with Gasteiger partial charge in [-0.25, -0.2) is 0 Å². The summed E-state index contributed by atoms with van der Waals surface area (Å²) in [6.07, 6.45) is 0.420. The molecule has 0 spiro atoms. The monoisotopic (exact) mass is 491 g/mol. The highest BCUT2D eigenvalue weighted by atomic mass is 79.9. The molecule has 3 rings (SSSR count). The number of imide groups is 1. The van der Waals surface area contributed by atoms with Gasteiger partial charge in [0, 0.05) is 35.2 Å². The van der Waals surface area contributed by atoms with E-state index in [0.717, 1.165) is 9.37 Å². The number of rotatable bonds is 7. The highest BCUT2D eigenvalue weighted by Gasteiger charge is 2.35. The Kier molecular flexibility index (Phi) is 6.89. The number of nitrogens with zero attached hydrogens (tertiary/aromatic N) is 2. The van der Waals surface area contributed by atoms with Gasteiger partial charge in [-0.3, -0.25) is 24.1 Å². The van der Waals surface area contributed by atoms with Gasteiger partial charge in [0.25, 0.3) is 11.8 Å². The molecule has 2 aromatic rings. The second kappa shape index (κ2) is 9.40. The first-order chi connectivity index (χ1) is 14.3. The van der Waals surface area contributed by atoms with Gasteiger partial charge in [0.2, 0.25) is 11.8 Å². The highest BCUT2D eigenvalue weighted by Crippen LogP contribution is 2.26. The molecule has 9 heteroatoms. The summed E-state index contributed by atoms with van der Waals surface area (Å²) < 4.78 is 0.720. The number of hydrogen-bond donors (Lipinski definition) is 1. The van der Waals surface area contributed by atoms with Crippen molar-refractivity contribution in [1.82, 2.24) is 9.80 Å². The summed E-state index contributed by atoms with van der Waals surface area (Å²) >= 11 is 9.18. The molecule has 0 unspecified atom stereocenters. The molecule has 156 valence electrons. The molecule has 0 aliphatic carbocycles. The number of anilines is 1. The summed E-state index contributed by atoms with van der Waals surface area (Å²) in [5.74, 6) is -1.32. The molecule has 0 bridgehead atoms. The van der Waals surface area contributed by atoms with Crippen molar-refractivity contribution in [3.05, 3.63) is 63.1 Å². The van der Waals surface area contributed by atoms with Gasteiger partial charge in [-0.2, -0.15) is 0 Å². The zero-order valence-electron chi connectivity index (χ0n) is 16.2. The van der Waals surface area contributed by atoms with Gasteiger partial charge in [-0.1, -0.05) is 33.6 Å². The Bertz CT molecular complexity index is 1030. The molecule has 7 nitrogen and oxygen atoms in total. The van der Waals surface area contributed by atoms with Crippen LogP contribution in [0.1, 0.15) is 33.6 Å². The van der Waals surface area contributed by atoms with Crippen molar-refractivity contribution in [1.29, 1.82) is 0 Å². The number of carbonyl (C=O) groups is 4. The number of fused-ring (bicyclic) bond motifs is 1. The number of benzene rings is 2. The summed E-state index contributed by atoms with van der Waals surface area (Å²) in [4.78, 5) is 51.7. The van der Waals surface area contributed by atoms with Gasteiger partial charge in [0.15, 0.2) is 0 Å². The first kappa shape index (κ1) is 22.0. The van der Waals surface area contributed by atoms with Crippen LogP contribution in [0.15, 0.2) is 46.9 Å². The SMILES string of the molecule is CN(CC(=O)Nc1cccc(Cl)c1)C(=O)CCCN1C(=O)c2ccc(Br)cc2C1=O. The van der Waals surface area contributed by atoms with Crippen molar-refractivity contribution in [2.45, 2.75) is 12.8 Å². The van der Waals surface area contributed by atoms with E-state index in [1.807, 2.05) is 0 Å². The maximum Gasteiger partial charge on any atom is 0.261 e. The molecule has 0 saturated carbocycles. The molecule has 0 radical (unpaired) electrons. The van der Waals surface area contributed by atoms with Crippen LogP contribution in [0.4, 0.5) is 5.69 Å². The molecule has 30 heavy (non-hydrogen) atoms.